The molecule has 1 saturated carbocycles. The molecule has 4 rings (SSSR count). The van der Waals surface area contributed by atoms with Crippen LogP contribution in [-0.4, -0.2) is 54.2 Å². The van der Waals surface area contributed by atoms with Crippen LogP contribution < -0.4 is 5.32 Å². The number of anilines is 1. The minimum absolute atomic E-state index is 0.0237. The van der Waals surface area contributed by atoms with Gasteiger partial charge >= 0.3 is 0 Å². The van der Waals surface area contributed by atoms with Gasteiger partial charge in [0.25, 0.3) is 17.7 Å². The standard InChI is InChI=1S/C25H29N3O3/c1-27(2)15-14-17-8-11-19(12-9-17)26-23(29)18-10-13-21-22(16-18)25(31)28(24(21)30)20-6-4-3-5-7-20/h8-13,16,20H,3-7,14-15H2,1-2H3,(H,26,29). The number of rotatable bonds is 6. The fraction of sp³-hybridized carbons (Fsp3) is 0.400. The molecule has 2 aromatic carbocycles. The molecule has 1 N–H and O–H groups in total. The van der Waals surface area contributed by atoms with Crippen LogP contribution in [0.1, 0.15) is 68.7 Å². The maximum absolute atomic E-state index is 13.0. The zero-order valence-corrected chi connectivity index (χ0v) is 18.2. The van der Waals surface area contributed by atoms with Crippen molar-refractivity contribution >= 4 is 23.4 Å². The molecule has 0 spiro atoms. The summed E-state index contributed by atoms with van der Waals surface area (Å²) in [4.78, 5) is 42.1. The monoisotopic (exact) mass is 419 g/mol. The van der Waals surface area contributed by atoms with Crippen LogP contribution in [-0.2, 0) is 6.42 Å². The second-order valence-corrected chi connectivity index (χ2v) is 8.74. The maximum Gasteiger partial charge on any atom is 0.261 e. The zero-order chi connectivity index (χ0) is 22.0. The molecule has 2 aromatic rings. The van der Waals surface area contributed by atoms with Crippen molar-refractivity contribution < 1.29 is 14.4 Å². The smallest absolute Gasteiger partial charge is 0.261 e. The number of fused-ring (bicyclic) bond motifs is 1. The molecule has 6 nitrogen and oxygen atoms in total. The number of nitrogens with one attached hydrogen (secondary N) is 1. The minimum atomic E-state index is -0.291. The summed E-state index contributed by atoms with van der Waals surface area (Å²) in [7, 11) is 4.08. The summed E-state index contributed by atoms with van der Waals surface area (Å²) in [6.07, 6.45) is 5.91. The van der Waals surface area contributed by atoms with Gasteiger partial charge < -0.3 is 10.2 Å². The molecule has 1 heterocycles. The lowest BCUT2D eigenvalue weighted by Crippen LogP contribution is -2.40. The summed E-state index contributed by atoms with van der Waals surface area (Å²) in [6.45, 7) is 0.964. The van der Waals surface area contributed by atoms with Crippen LogP contribution in [0.4, 0.5) is 5.69 Å². The van der Waals surface area contributed by atoms with Crippen molar-refractivity contribution in [2.24, 2.45) is 0 Å². The van der Waals surface area contributed by atoms with E-state index in [1.165, 1.54) is 10.5 Å². The Bertz CT molecular complexity index is 992. The topological polar surface area (TPSA) is 69.7 Å². The van der Waals surface area contributed by atoms with E-state index in [1.807, 2.05) is 38.4 Å². The number of amides is 3. The summed E-state index contributed by atoms with van der Waals surface area (Å²) in [5.74, 6) is -0.792. The van der Waals surface area contributed by atoms with Crippen molar-refractivity contribution in [3.05, 3.63) is 64.7 Å². The van der Waals surface area contributed by atoms with Gasteiger partial charge in [-0.2, -0.15) is 0 Å². The Balaban J connectivity index is 1.46. The largest absolute Gasteiger partial charge is 0.322 e. The molecule has 0 aromatic heterocycles. The number of carbonyl (C=O) groups is 3. The second-order valence-electron chi connectivity index (χ2n) is 8.74. The van der Waals surface area contributed by atoms with Gasteiger partial charge in [0.15, 0.2) is 0 Å². The van der Waals surface area contributed by atoms with Crippen LogP contribution in [0.15, 0.2) is 42.5 Å². The molecular formula is C25H29N3O3. The van der Waals surface area contributed by atoms with E-state index in [0.29, 0.717) is 22.4 Å². The van der Waals surface area contributed by atoms with Gasteiger partial charge in [0.05, 0.1) is 11.1 Å². The lowest BCUT2D eigenvalue weighted by molar-refractivity contribution is 0.0549. The summed E-state index contributed by atoms with van der Waals surface area (Å²) in [5, 5.41) is 2.88. The van der Waals surface area contributed by atoms with Crippen LogP contribution in [0.2, 0.25) is 0 Å². The first-order valence-electron chi connectivity index (χ1n) is 11.0. The molecule has 31 heavy (non-hydrogen) atoms. The Labute approximate surface area is 183 Å². The third-order valence-electron chi connectivity index (χ3n) is 6.18. The Kier molecular flexibility index (Phi) is 6.18. The number of hydrogen-bond acceptors (Lipinski definition) is 4. The minimum Gasteiger partial charge on any atom is -0.322 e. The number of carbonyl (C=O) groups excluding carboxylic acids is 3. The average molecular weight is 420 g/mol. The van der Waals surface area contributed by atoms with E-state index in [1.54, 1.807) is 18.2 Å². The van der Waals surface area contributed by atoms with E-state index in [9.17, 15) is 14.4 Å². The zero-order valence-electron chi connectivity index (χ0n) is 18.2. The lowest BCUT2D eigenvalue weighted by atomic mass is 9.94. The molecule has 0 unspecified atom stereocenters. The van der Waals surface area contributed by atoms with Crippen molar-refractivity contribution in [1.29, 1.82) is 0 Å². The lowest BCUT2D eigenvalue weighted by Gasteiger charge is -2.29. The van der Waals surface area contributed by atoms with Crippen molar-refractivity contribution in [3.8, 4) is 0 Å². The summed E-state index contributed by atoms with van der Waals surface area (Å²) in [5.41, 5.74) is 3.02. The number of nitrogens with zero attached hydrogens (tertiary/aromatic N) is 2. The van der Waals surface area contributed by atoms with E-state index in [0.717, 1.165) is 45.1 Å². The van der Waals surface area contributed by atoms with Crippen LogP contribution in [0.25, 0.3) is 0 Å². The van der Waals surface area contributed by atoms with Gasteiger partial charge in [-0.05, 0) is 69.3 Å². The van der Waals surface area contributed by atoms with Crippen molar-refractivity contribution in [2.45, 2.75) is 44.6 Å². The Morgan fingerprint density at radius 3 is 2.32 bits per heavy atom. The Morgan fingerprint density at radius 2 is 1.65 bits per heavy atom. The Hall–Kier alpha value is -2.99. The van der Waals surface area contributed by atoms with E-state index < -0.39 is 0 Å². The van der Waals surface area contributed by atoms with E-state index in [4.69, 9.17) is 0 Å². The average Bonchev–Trinajstić information content (AvgIpc) is 3.03. The third kappa shape index (κ3) is 4.54. The first-order valence-corrected chi connectivity index (χ1v) is 11.0. The molecule has 0 atom stereocenters. The molecule has 1 aliphatic heterocycles. The van der Waals surface area contributed by atoms with Gasteiger partial charge in [0.1, 0.15) is 0 Å². The number of hydrogen-bond donors (Lipinski definition) is 1. The van der Waals surface area contributed by atoms with Crippen molar-refractivity contribution in [2.75, 3.05) is 26.0 Å². The maximum atomic E-state index is 13.0. The predicted octanol–water partition coefficient (Wildman–Crippen LogP) is 3.97. The van der Waals surface area contributed by atoms with Crippen LogP contribution in [0, 0.1) is 0 Å². The molecule has 162 valence electrons. The molecule has 6 heteroatoms. The van der Waals surface area contributed by atoms with E-state index >= 15 is 0 Å². The molecule has 1 aliphatic carbocycles. The predicted molar refractivity (Wildman–Crippen MR) is 120 cm³/mol. The molecule has 0 saturated heterocycles. The van der Waals surface area contributed by atoms with Gasteiger partial charge in [-0.25, -0.2) is 0 Å². The normalized spacial score (nSPS) is 16.7. The third-order valence-corrected chi connectivity index (χ3v) is 6.18. The molecule has 1 fully saturated rings. The fourth-order valence-electron chi connectivity index (χ4n) is 4.38. The molecular weight excluding hydrogens is 390 g/mol. The number of imide groups is 1. The summed E-state index contributed by atoms with van der Waals surface area (Å²) < 4.78 is 0. The van der Waals surface area contributed by atoms with E-state index in [-0.39, 0.29) is 23.8 Å². The molecule has 3 amide bonds. The van der Waals surface area contributed by atoms with Gasteiger partial charge in [0, 0.05) is 23.8 Å². The highest BCUT2D eigenvalue weighted by Gasteiger charge is 2.40. The van der Waals surface area contributed by atoms with Crippen molar-refractivity contribution in [3.63, 3.8) is 0 Å². The second kappa shape index (κ2) is 9.02. The summed E-state index contributed by atoms with van der Waals surface area (Å²) in [6, 6.07) is 12.5. The van der Waals surface area contributed by atoms with Gasteiger partial charge in [-0.15, -0.1) is 0 Å². The quantitative estimate of drug-likeness (QED) is 0.720. The highest BCUT2D eigenvalue weighted by Crippen LogP contribution is 2.31. The number of benzene rings is 2. The first-order chi connectivity index (χ1) is 14.9. The SMILES string of the molecule is CN(C)CCc1ccc(NC(=O)c2ccc3c(c2)C(=O)N(C2CCCCC2)C3=O)cc1. The van der Waals surface area contributed by atoms with Crippen molar-refractivity contribution in [1.82, 2.24) is 9.80 Å². The van der Waals surface area contributed by atoms with E-state index in [2.05, 4.69) is 10.2 Å². The summed E-state index contributed by atoms with van der Waals surface area (Å²) >= 11 is 0. The molecule has 2 aliphatic rings. The van der Waals surface area contributed by atoms with Gasteiger partial charge in [-0.1, -0.05) is 31.4 Å². The molecule has 0 radical (unpaired) electrons. The highest BCUT2D eigenvalue weighted by atomic mass is 16.2. The van der Waals surface area contributed by atoms with Crippen LogP contribution in [0.3, 0.4) is 0 Å². The van der Waals surface area contributed by atoms with Gasteiger partial charge in [-0.3, -0.25) is 19.3 Å². The van der Waals surface area contributed by atoms with Gasteiger partial charge in [0.2, 0.25) is 0 Å². The first kappa shape index (κ1) is 21.2. The fourth-order valence-corrected chi connectivity index (χ4v) is 4.38. The highest BCUT2D eigenvalue weighted by molar-refractivity contribution is 6.22. The number of likely N-dealkylation sites (N-methyl/N-ethyl adjacent to an activating group) is 1. The van der Waals surface area contributed by atoms with Crippen LogP contribution >= 0.6 is 0 Å². The molecule has 0 bridgehead atoms. The van der Waals surface area contributed by atoms with Crippen LogP contribution in [0.5, 0.6) is 0 Å². The Morgan fingerprint density at radius 1 is 0.968 bits per heavy atom.